The van der Waals surface area contributed by atoms with E-state index in [4.69, 9.17) is 4.74 Å². The Kier molecular flexibility index (Phi) is 4.40. The largest absolute Gasteiger partial charge is 0.497 e. The molecule has 2 aliphatic rings. The molecule has 1 saturated heterocycles. The number of nitrogens with one attached hydrogen (secondary N) is 1. The number of fused-ring (bicyclic) bond motifs is 3. The van der Waals surface area contributed by atoms with E-state index in [0.29, 0.717) is 22.6 Å². The molecule has 0 aliphatic carbocycles. The fourth-order valence-electron chi connectivity index (χ4n) is 4.03. The summed E-state index contributed by atoms with van der Waals surface area (Å²) in [5, 5.41) is 3.59. The molecule has 0 spiro atoms. The summed E-state index contributed by atoms with van der Waals surface area (Å²) in [6.45, 7) is 2.10. The number of benzene rings is 2. The third kappa shape index (κ3) is 2.97. The first-order valence-corrected chi connectivity index (χ1v) is 10.5. The third-order valence-corrected chi connectivity index (χ3v) is 7.30. The summed E-state index contributed by atoms with van der Waals surface area (Å²) < 4.78 is 31.4. The lowest BCUT2D eigenvalue weighted by Gasteiger charge is -2.16. The van der Waals surface area contributed by atoms with Gasteiger partial charge in [-0.05, 0) is 74.9 Å². The van der Waals surface area contributed by atoms with Gasteiger partial charge in [0, 0.05) is 17.6 Å². The number of anilines is 1. The van der Waals surface area contributed by atoms with Gasteiger partial charge in [0.05, 0.1) is 16.9 Å². The predicted molar refractivity (Wildman–Crippen MR) is 102 cm³/mol. The average molecular weight is 372 g/mol. The van der Waals surface area contributed by atoms with Crippen LogP contribution >= 0.6 is 0 Å². The second kappa shape index (κ2) is 6.59. The van der Waals surface area contributed by atoms with E-state index in [9.17, 15) is 8.42 Å². The Labute approximate surface area is 154 Å². The van der Waals surface area contributed by atoms with E-state index in [0.717, 1.165) is 37.2 Å². The maximum absolute atomic E-state index is 13.1. The number of hydrogen-bond donors (Lipinski definition) is 1. The lowest BCUT2D eigenvalue weighted by atomic mass is 9.91. The van der Waals surface area contributed by atoms with Gasteiger partial charge < -0.3 is 15.0 Å². The highest BCUT2D eigenvalue weighted by molar-refractivity contribution is 7.91. The van der Waals surface area contributed by atoms with Gasteiger partial charge >= 0.3 is 0 Å². The summed E-state index contributed by atoms with van der Waals surface area (Å²) in [6, 6.07) is 12.5. The molecule has 6 heteroatoms. The van der Waals surface area contributed by atoms with Gasteiger partial charge in [0.15, 0.2) is 0 Å². The Hall–Kier alpha value is -2.05. The van der Waals surface area contributed by atoms with Crippen molar-refractivity contribution in [3.8, 4) is 5.75 Å². The fourth-order valence-corrected chi connectivity index (χ4v) is 5.36. The first-order chi connectivity index (χ1) is 12.5. The van der Waals surface area contributed by atoms with E-state index < -0.39 is 9.84 Å². The first-order valence-electron chi connectivity index (χ1n) is 8.97. The van der Waals surface area contributed by atoms with Gasteiger partial charge in [-0.15, -0.1) is 0 Å². The normalized spacial score (nSPS) is 22.8. The highest BCUT2D eigenvalue weighted by Crippen LogP contribution is 2.42. The second-order valence-electron chi connectivity index (χ2n) is 7.17. The molecule has 5 nitrogen and oxygen atoms in total. The van der Waals surface area contributed by atoms with E-state index >= 15 is 0 Å². The van der Waals surface area contributed by atoms with E-state index in [2.05, 4.69) is 17.3 Å². The predicted octanol–water partition coefficient (Wildman–Crippen LogP) is 3.13. The number of ether oxygens (including phenoxy) is 1. The molecule has 26 heavy (non-hydrogen) atoms. The van der Waals surface area contributed by atoms with Crippen molar-refractivity contribution in [3.05, 3.63) is 48.0 Å². The average Bonchev–Trinajstić information content (AvgIpc) is 2.90. The molecule has 1 N–H and O–H groups in total. The van der Waals surface area contributed by atoms with E-state index in [1.54, 1.807) is 30.3 Å². The summed E-state index contributed by atoms with van der Waals surface area (Å²) in [6.07, 6.45) is 2.12. The van der Waals surface area contributed by atoms with Crippen molar-refractivity contribution in [2.45, 2.75) is 34.6 Å². The number of likely N-dealkylation sites (tertiary alicyclic amines) is 1. The maximum atomic E-state index is 13.1. The van der Waals surface area contributed by atoms with Crippen LogP contribution in [0.2, 0.25) is 0 Å². The van der Waals surface area contributed by atoms with Crippen LogP contribution in [0, 0.1) is 0 Å². The van der Waals surface area contributed by atoms with Crippen molar-refractivity contribution < 1.29 is 13.2 Å². The van der Waals surface area contributed by atoms with Crippen molar-refractivity contribution in [3.63, 3.8) is 0 Å². The molecule has 1 fully saturated rings. The number of sulfone groups is 1. The van der Waals surface area contributed by atoms with Crippen LogP contribution in [0.3, 0.4) is 0 Å². The van der Waals surface area contributed by atoms with Crippen LogP contribution in [0.25, 0.3) is 0 Å². The quantitative estimate of drug-likeness (QED) is 0.897. The molecule has 2 aromatic carbocycles. The third-order valence-electron chi connectivity index (χ3n) is 5.55. The molecule has 2 heterocycles. The van der Waals surface area contributed by atoms with Crippen LogP contribution in [0.4, 0.5) is 5.69 Å². The Bertz CT molecular complexity index is 926. The van der Waals surface area contributed by atoms with E-state index in [1.165, 1.54) is 7.11 Å². The summed E-state index contributed by atoms with van der Waals surface area (Å²) >= 11 is 0. The van der Waals surface area contributed by atoms with Crippen molar-refractivity contribution in [1.29, 1.82) is 0 Å². The van der Waals surface area contributed by atoms with E-state index in [1.807, 2.05) is 12.1 Å². The Balaban J connectivity index is 1.71. The summed E-state index contributed by atoms with van der Waals surface area (Å²) in [4.78, 5) is 2.96. The molecule has 0 unspecified atom stereocenters. The van der Waals surface area contributed by atoms with Gasteiger partial charge in [-0.2, -0.15) is 0 Å². The molecular formula is C20H24N2O3S. The van der Waals surface area contributed by atoms with Crippen molar-refractivity contribution in [2.75, 3.05) is 32.6 Å². The molecule has 2 atom stereocenters. The smallest absolute Gasteiger partial charge is 0.206 e. The molecular weight excluding hydrogens is 348 g/mol. The molecule has 0 amide bonds. The van der Waals surface area contributed by atoms with Crippen LogP contribution < -0.4 is 10.1 Å². The second-order valence-corrected chi connectivity index (χ2v) is 9.12. The maximum Gasteiger partial charge on any atom is 0.206 e. The first kappa shape index (κ1) is 17.4. The van der Waals surface area contributed by atoms with Gasteiger partial charge in [-0.3, -0.25) is 0 Å². The Morgan fingerprint density at radius 1 is 1.08 bits per heavy atom. The molecule has 0 radical (unpaired) electrons. The van der Waals surface area contributed by atoms with Gasteiger partial charge in [-0.1, -0.05) is 6.07 Å². The fraction of sp³-hybridized carbons (Fsp3) is 0.400. The zero-order valence-corrected chi connectivity index (χ0v) is 15.9. The molecule has 138 valence electrons. The summed E-state index contributed by atoms with van der Waals surface area (Å²) in [5.74, 6) is 0.913. The standard InChI is InChI=1S/C20H24N2O3S/c1-22-10-8-17-18-13-16(6-7-19(18)21-20(17)9-11-22)26(23,24)15-5-3-4-14(12-15)25-2/h3-7,12-13,17,20-21H,8-11H2,1-2H3/t17-,20+/m0/s1. The lowest BCUT2D eigenvalue weighted by Crippen LogP contribution is -2.22. The minimum Gasteiger partial charge on any atom is -0.497 e. The van der Waals surface area contributed by atoms with Crippen LogP contribution in [0.5, 0.6) is 5.75 Å². The van der Waals surface area contributed by atoms with Crippen molar-refractivity contribution in [1.82, 2.24) is 4.90 Å². The van der Waals surface area contributed by atoms with Crippen molar-refractivity contribution >= 4 is 15.5 Å². The number of hydrogen-bond acceptors (Lipinski definition) is 5. The number of nitrogens with zero attached hydrogens (tertiary/aromatic N) is 1. The minimum absolute atomic E-state index is 0.264. The van der Waals surface area contributed by atoms with Crippen molar-refractivity contribution in [2.24, 2.45) is 0 Å². The highest BCUT2D eigenvalue weighted by Gasteiger charge is 2.35. The van der Waals surface area contributed by atoms with Crippen LogP contribution in [0.1, 0.15) is 24.3 Å². The SMILES string of the molecule is COc1cccc(S(=O)(=O)c2ccc3c(c2)[C@@H]2CCN(C)CC[C@H]2N3)c1. The molecule has 0 saturated carbocycles. The molecule has 2 aromatic rings. The van der Waals surface area contributed by atoms with Crippen LogP contribution in [0.15, 0.2) is 52.3 Å². The minimum atomic E-state index is -3.57. The summed E-state index contributed by atoms with van der Waals surface area (Å²) in [5.41, 5.74) is 2.21. The Morgan fingerprint density at radius 3 is 2.65 bits per heavy atom. The van der Waals surface area contributed by atoms with E-state index in [-0.39, 0.29) is 4.90 Å². The zero-order chi connectivity index (χ0) is 18.3. The van der Waals surface area contributed by atoms with Crippen LogP contribution in [-0.2, 0) is 9.84 Å². The molecule has 2 aliphatic heterocycles. The molecule has 4 rings (SSSR count). The lowest BCUT2D eigenvalue weighted by molar-refractivity contribution is 0.346. The van der Waals surface area contributed by atoms with Gasteiger partial charge in [-0.25, -0.2) is 8.42 Å². The van der Waals surface area contributed by atoms with Crippen LogP contribution in [-0.4, -0.2) is 46.6 Å². The number of rotatable bonds is 3. The van der Waals surface area contributed by atoms with Gasteiger partial charge in [0.25, 0.3) is 0 Å². The molecule has 0 bridgehead atoms. The molecule has 0 aromatic heterocycles. The van der Waals surface area contributed by atoms with Gasteiger partial charge in [0.1, 0.15) is 5.75 Å². The topological polar surface area (TPSA) is 58.6 Å². The zero-order valence-electron chi connectivity index (χ0n) is 15.1. The summed E-state index contributed by atoms with van der Waals surface area (Å²) in [7, 11) is 0.113. The highest BCUT2D eigenvalue weighted by atomic mass is 32.2. The Morgan fingerprint density at radius 2 is 1.85 bits per heavy atom. The van der Waals surface area contributed by atoms with Gasteiger partial charge in [0.2, 0.25) is 9.84 Å². The monoisotopic (exact) mass is 372 g/mol. The number of methoxy groups -OCH3 is 1.